The molecule has 0 radical (unpaired) electrons. The minimum atomic E-state index is -0.439. The Morgan fingerprint density at radius 2 is 1.45 bits per heavy atom. The predicted octanol–water partition coefficient (Wildman–Crippen LogP) is 5.41. The first-order chi connectivity index (χ1) is 14.9. The van der Waals surface area contributed by atoms with Gasteiger partial charge in [-0.25, -0.2) is 5.43 Å². The molecule has 0 aliphatic carbocycles. The van der Waals surface area contributed by atoms with E-state index in [1.165, 1.54) is 13.2 Å². The number of benzene rings is 3. The lowest BCUT2D eigenvalue weighted by atomic mass is 10.1. The zero-order chi connectivity index (χ0) is 22.4. The molecule has 3 aromatic carbocycles. The fourth-order valence-electron chi connectivity index (χ4n) is 2.72. The van der Waals surface area contributed by atoms with E-state index in [1.54, 1.807) is 67.6 Å². The standard InChI is InChI=1S/C23H19Cl2N3O3/c1-14(27-28-23(30)20-13-18(25)9-12-21(20)31-2)15-5-10-19(11-6-15)26-22(29)16-3-7-17(24)8-4-16/h3-13H,1-2H3,(H,26,29)(H,28,30)/b27-14-. The van der Waals surface area contributed by atoms with Crippen molar-refractivity contribution in [3.05, 3.63) is 93.5 Å². The van der Waals surface area contributed by atoms with Crippen LogP contribution in [0.4, 0.5) is 5.69 Å². The third-order valence-electron chi connectivity index (χ3n) is 4.40. The molecule has 0 aliphatic rings. The van der Waals surface area contributed by atoms with Gasteiger partial charge in [0.1, 0.15) is 5.75 Å². The van der Waals surface area contributed by atoms with Crippen molar-refractivity contribution in [2.24, 2.45) is 5.10 Å². The van der Waals surface area contributed by atoms with E-state index in [4.69, 9.17) is 27.9 Å². The largest absolute Gasteiger partial charge is 0.496 e. The van der Waals surface area contributed by atoms with Crippen LogP contribution in [0.15, 0.2) is 71.8 Å². The molecule has 0 spiro atoms. The van der Waals surface area contributed by atoms with Crippen molar-refractivity contribution in [1.29, 1.82) is 0 Å². The molecule has 2 amide bonds. The summed E-state index contributed by atoms with van der Waals surface area (Å²) < 4.78 is 5.19. The smallest absolute Gasteiger partial charge is 0.275 e. The van der Waals surface area contributed by atoms with E-state index in [0.29, 0.717) is 32.8 Å². The van der Waals surface area contributed by atoms with E-state index >= 15 is 0 Å². The second kappa shape index (κ2) is 10.1. The van der Waals surface area contributed by atoms with E-state index in [2.05, 4.69) is 15.8 Å². The summed E-state index contributed by atoms with van der Waals surface area (Å²) in [5.41, 5.74) is 5.29. The normalized spacial score (nSPS) is 11.0. The van der Waals surface area contributed by atoms with Crippen LogP contribution in [-0.4, -0.2) is 24.6 Å². The number of carbonyl (C=O) groups is 2. The van der Waals surface area contributed by atoms with Crippen LogP contribution in [0.3, 0.4) is 0 Å². The molecule has 0 saturated heterocycles. The van der Waals surface area contributed by atoms with Gasteiger partial charge < -0.3 is 10.1 Å². The number of anilines is 1. The van der Waals surface area contributed by atoms with Crippen molar-refractivity contribution in [2.75, 3.05) is 12.4 Å². The molecule has 0 aliphatic heterocycles. The molecule has 0 heterocycles. The van der Waals surface area contributed by atoms with Crippen molar-refractivity contribution < 1.29 is 14.3 Å². The van der Waals surface area contributed by atoms with Crippen LogP contribution < -0.4 is 15.5 Å². The Hall–Kier alpha value is -3.35. The third kappa shape index (κ3) is 5.84. The summed E-state index contributed by atoms with van der Waals surface area (Å²) in [5.74, 6) is -0.279. The summed E-state index contributed by atoms with van der Waals surface area (Å²) in [6.45, 7) is 1.76. The van der Waals surface area contributed by atoms with Gasteiger partial charge in [0.15, 0.2) is 0 Å². The number of ether oxygens (including phenoxy) is 1. The number of rotatable bonds is 6. The molecule has 8 heteroatoms. The Bertz CT molecular complexity index is 1130. The maximum atomic E-state index is 12.4. The Labute approximate surface area is 189 Å². The highest BCUT2D eigenvalue weighted by molar-refractivity contribution is 6.31. The summed E-state index contributed by atoms with van der Waals surface area (Å²) in [6.07, 6.45) is 0. The van der Waals surface area contributed by atoms with Crippen molar-refractivity contribution in [1.82, 2.24) is 5.43 Å². The summed E-state index contributed by atoms with van der Waals surface area (Å²) in [5, 5.41) is 7.94. The van der Waals surface area contributed by atoms with Gasteiger partial charge in [0.05, 0.1) is 18.4 Å². The number of halogens is 2. The van der Waals surface area contributed by atoms with Crippen molar-refractivity contribution in [2.45, 2.75) is 6.92 Å². The SMILES string of the molecule is COc1ccc(Cl)cc1C(=O)N/N=C(/C)c1ccc(NC(=O)c2ccc(Cl)cc2)cc1. The monoisotopic (exact) mass is 455 g/mol. The van der Waals surface area contributed by atoms with Crippen LogP contribution in [0.5, 0.6) is 5.75 Å². The molecule has 6 nitrogen and oxygen atoms in total. The van der Waals surface area contributed by atoms with Gasteiger partial charge >= 0.3 is 0 Å². The maximum absolute atomic E-state index is 12.4. The Morgan fingerprint density at radius 3 is 2.10 bits per heavy atom. The lowest BCUT2D eigenvalue weighted by molar-refractivity contribution is 0.0951. The summed E-state index contributed by atoms with van der Waals surface area (Å²) in [6, 6.07) is 18.5. The molecular weight excluding hydrogens is 437 g/mol. The van der Waals surface area contributed by atoms with E-state index in [-0.39, 0.29) is 11.5 Å². The zero-order valence-electron chi connectivity index (χ0n) is 16.8. The molecule has 2 N–H and O–H groups in total. The fourth-order valence-corrected chi connectivity index (χ4v) is 3.01. The average Bonchev–Trinajstić information content (AvgIpc) is 2.78. The first-order valence-electron chi connectivity index (χ1n) is 9.23. The van der Waals surface area contributed by atoms with Crippen LogP contribution in [0.1, 0.15) is 33.2 Å². The van der Waals surface area contributed by atoms with Crippen molar-refractivity contribution in [3.63, 3.8) is 0 Å². The predicted molar refractivity (Wildman–Crippen MR) is 124 cm³/mol. The van der Waals surface area contributed by atoms with Gasteiger partial charge in [-0.3, -0.25) is 9.59 Å². The van der Waals surface area contributed by atoms with E-state index < -0.39 is 5.91 Å². The Morgan fingerprint density at radius 1 is 0.839 bits per heavy atom. The van der Waals surface area contributed by atoms with Crippen molar-refractivity contribution >= 4 is 46.4 Å². The topological polar surface area (TPSA) is 79.8 Å². The summed E-state index contributed by atoms with van der Waals surface area (Å²) >= 11 is 11.8. The van der Waals surface area contributed by atoms with Gasteiger partial charge in [-0.15, -0.1) is 0 Å². The highest BCUT2D eigenvalue weighted by Crippen LogP contribution is 2.22. The van der Waals surface area contributed by atoms with Crippen LogP contribution in [0.25, 0.3) is 0 Å². The first-order valence-corrected chi connectivity index (χ1v) is 9.98. The molecular formula is C23H19Cl2N3O3. The second-order valence-corrected chi connectivity index (χ2v) is 7.39. The molecule has 0 aromatic heterocycles. The number of methoxy groups -OCH3 is 1. The number of hydrogen-bond acceptors (Lipinski definition) is 4. The Balaban J connectivity index is 1.65. The molecule has 3 aromatic rings. The van der Waals surface area contributed by atoms with E-state index in [0.717, 1.165) is 5.56 Å². The number of hydrogen-bond donors (Lipinski definition) is 2. The first kappa shape index (κ1) is 22.3. The highest BCUT2D eigenvalue weighted by Gasteiger charge is 2.13. The molecule has 158 valence electrons. The average molecular weight is 456 g/mol. The van der Waals surface area contributed by atoms with E-state index in [9.17, 15) is 9.59 Å². The van der Waals surface area contributed by atoms with E-state index in [1.807, 2.05) is 0 Å². The van der Waals surface area contributed by atoms with Gasteiger partial charge in [0.2, 0.25) is 0 Å². The number of nitrogens with zero attached hydrogens (tertiary/aromatic N) is 1. The Kier molecular flexibility index (Phi) is 7.28. The molecule has 0 fully saturated rings. The van der Waals surface area contributed by atoms with Gasteiger partial charge in [0, 0.05) is 21.3 Å². The molecule has 0 atom stereocenters. The summed E-state index contributed by atoms with van der Waals surface area (Å²) in [7, 11) is 1.47. The van der Waals surface area contributed by atoms with Gasteiger partial charge in [-0.2, -0.15) is 5.10 Å². The molecule has 0 unspecified atom stereocenters. The lowest BCUT2D eigenvalue weighted by Gasteiger charge is -2.09. The number of amides is 2. The number of hydrazone groups is 1. The van der Waals surface area contributed by atoms with Crippen LogP contribution in [-0.2, 0) is 0 Å². The lowest BCUT2D eigenvalue weighted by Crippen LogP contribution is -2.20. The van der Waals surface area contributed by atoms with Crippen LogP contribution in [0, 0.1) is 0 Å². The highest BCUT2D eigenvalue weighted by atomic mass is 35.5. The third-order valence-corrected chi connectivity index (χ3v) is 4.89. The minimum Gasteiger partial charge on any atom is -0.496 e. The molecule has 0 saturated carbocycles. The van der Waals surface area contributed by atoms with Crippen LogP contribution in [0.2, 0.25) is 10.0 Å². The number of nitrogens with one attached hydrogen (secondary N) is 2. The molecule has 3 rings (SSSR count). The zero-order valence-corrected chi connectivity index (χ0v) is 18.3. The quantitative estimate of drug-likeness (QED) is 0.385. The van der Waals surface area contributed by atoms with Crippen molar-refractivity contribution in [3.8, 4) is 5.75 Å². The minimum absolute atomic E-state index is 0.238. The molecule has 0 bridgehead atoms. The van der Waals surface area contributed by atoms with Gasteiger partial charge in [-0.1, -0.05) is 35.3 Å². The second-order valence-electron chi connectivity index (χ2n) is 6.52. The summed E-state index contributed by atoms with van der Waals surface area (Å²) in [4.78, 5) is 24.7. The van der Waals surface area contributed by atoms with Gasteiger partial charge in [0.25, 0.3) is 11.8 Å². The number of carbonyl (C=O) groups excluding carboxylic acids is 2. The van der Waals surface area contributed by atoms with Crippen LogP contribution >= 0.6 is 23.2 Å². The van der Waals surface area contributed by atoms with Gasteiger partial charge in [-0.05, 0) is 67.1 Å². The fraction of sp³-hybridized carbons (Fsp3) is 0.0870. The molecule has 31 heavy (non-hydrogen) atoms. The maximum Gasteiger partial charge on any atom is 0.275 e.